The molecular formula is C11H12N4O. The van der Waals surface area contributed by atoms with Gasteiger partial charge in [0.25, 0.3) is 0 Å². The summed E-state index contributed by atoms with van der Waals surface area (Å²) in [4.78, 5) is 18.8. The fourth-order valence-electron chi connectivity index (χ4n) is 1.25. The highest BCUT2D eigenvalue weighted by Crippen LogP contribution is 2.09. The third kappa shape index (κ3) is 1.98. The van der Waals surface area contributed by atoms with Crippen LogP contribution in [-0.4, -0.2) is 26.0 Å². The molecule has 0 aliphatic carbocycles. The maximum Gasteiger partial charge on any atom is 0.155 e. The van der Waals surface area contributed by atoms with Crippen molar-refractivity contribution in [3.05, 3.63) is 36.0 Å². The zero-order valence-electron chi connectivity index (χ0n) is 9.16. The number of hydrogen-bond acceptors (Lipinski definition) is 4. The summed E-state index contributed by atoms with van der Waals surface area (Å²) in [7, 11) is 0. The van der Waals surface area contributed by atoms with E-state index in [-0.39, 0.29) is 5.92 Å². The van der Waals surface area contributed by atoms with Crippen LogP contribution < -0.4 is 0 Å². The van der Waals surface area contributed by atoms with Gasteiger partial charge in [0, 0.05) is 17.7 Å². The molecule has 0 atom stereocenters. The number of carbonyl (C=O) groups excluding carboxylic acids is 1. The predicted molar refractivity (Wildman–Crippen MR) is 58.6 cm³/mol. The largest absolute Gasteiger partial charge is 0.298 e. The molecule has 0 spiro atoms. The van der Waals surface area contributed by atoms with Crippen LogP contribution in [0.1, 0.15) is 35.9 Å². The summed E-state index contributed by atoms with van der Waals surface area (Å²) in [6.07, 6.45) is 3.90. The van der Waals surface area contributed by atoms with Gasteiger partial charge in [0.2, 0.25) is 0 Å². The Labute approximate surface area is 93.2 Å². The highest BCUT2D eigenvalue weighted by Gasteiger charge is 2.06. The fourth-order valence-corrected chi connectivity index (χ4v) is 1.25. The molecule has 0 saturated heterocycles. The van der Waals surface area contributed by atoms with E-state index in [1.165, 1.54) is 6.20 Å². The number of aldehydes is 1. The van der Waals surface area contributed by atoms with Crippen molar-refractivity contribution in [2.75, 3.05) is 0 Å². The van der Waals surface area contributed by atoms with Gasteiger partial charge in [0.05, 0.1) is 0 Å². The van der Waals surface area contributed by atoms with E-state index in [0.29, 0.717) is 11.4 Å². The highest BCUT2D eigenvalue weighted by molar-refractivity contribution is 5.74. The molecule has 5 heteroatoms. The van der Waals surface area contributed by atoms with Crippen molar-refractivity contribution in [1.82, 2.24) is 19.7 Å². The molecule has 0 aliphatic rings. The Bertz CT molecular complexity index is 487. The van der Waals surface area contributed by atoms with Gasteiger partial charge in [-0.1, -0.05) is 13.8 Å². The standard InChI is InChI=1S/C11H12N4O/c1-8(2)11-13-7-15(14-11)10-4-3-9(6-16)5-12-10/h3-8H,1-2H3. The van der Waals surface area contributed by atoms with Gasteiger partial charge in [0.1, 0.15) is 6.33 Å². The van der Waals surface area contributed by atoms with Gasteiger partial charge in [-0.15, -0.1) is 5.10 Å². The van der Waals surface area contributed by atoms with Crippen LogP contribution >= 0.6 is 0 Å². The molecule has 5 nitrogen and oxygen atoms in total. The molecule has 2 heterocycles. The van der Waals surface area contributed by atoms with Crippen molar-refractivity contribution in [3.63, 3.8) is 0 Å². The molecule has 0 N–H and O–H groups in total. The van der Waals surface area contributed by atoms with Gasteiger partial charge in [-0.25, -0.2) is 14.6 Å². The first-order valence-electron chi connectivity index (χ1n) is 5.04. The van der Waals surface area contributed by atoms with E-state index in [0.717, 1.165) is 12.1 Å². The number of hydrogen-bond donors (Lipinski definition) is 0. The van der Waals surface area contributed by atoms with Crippen molar-refractivity contribution < 1.29 is 4.79 Å². The molecule has 0 bridgehead atoms. The van der Waals surface area contributed by atoms with E-state index in [2.05, 4.69) is 15.1 Å². The number of rotatable bonds is 3. The molecule has 0 amide bonds. The van der Waals surface area contributed by atoms with Gasteiger partial charge in [0.15, 0.2) is 17.9 Å². The third-order valence-electron chi connectivity index (χ3n) is 2.17. The molecule has 16 heavy (non-hydrogen) atoms. The molecule has 0 unspecified atom stereocenters. The molecule has 0 fully saturated rings. The molecule has 82 valence electrons. The number of carbonyl (C=O) groups is 1. The Morgan fingerprint density at radius 1 is 1.31 bits per heavy atom. The van der Waals surface area contributed by atoms with E-state index in [4.69, 9.17) is 0 Å². The maximum atomic E-state index is 10.5. The van der Waals surface area contributed by atoms with E-state index in [1.54, 1.807) is 23.1 Å². The first kappa shape index (κ1) is 10.5. The Morgan fingerprint density at radius 2 is 2.12 bits per heavy atom. The van der Waals surface area contributed by atoms with Crippen LogP contribution in [0.5, 0.6) is 0 Å². The van der Waals surface area contributed by atoms with Crippen LogP contribution in [0.25, 0.3) is 5.82 Å². The molecule has 0 radical (unpaired) electrons. The Morgan fingerprint density at radius 3 is 2.62 bits per heavy atom. The molecular weight excluding hydrogens is 204 g/mol. The van der Waals surface area contributed by atoms with Gasteiger partial charge in [-0.05, 0) is 12.1 Å². The molecule has 0 aliphatic heterocycles. The zero-order valence-corrected chi connectivity index (χ0v) is 9.16. The predicted octanol–water partition coefficient (Wildman–Crippen LogP) is 1.60. The first-order valence-corrected chi connectivity index (χ1v) is 5.04. The summed E-state index contributed by atoms with van der Waals surface area (Å²) < 4.78 is 1.60. The molecule has 2 aromatic rings. The van der Waals surface area contributed by atoms with E-state index in [9.17, 15) is 4.79 Å². The monoisotopic (exact) mass is 216 g/mol. The summed E-state index contributed by atoms with van der Waals surface area (Å²) in [6, 6.07) is 3.44. The first-order chi connectivity index (χ1) is 7.70. The van der Waals surface area contributed by atoms with Gasteiger partial charge < -0.3 is 0 Å². The van der Waals surface area contributed by atoms with Gasteiger partial charge in [-0.2, -0.15) is 0 Å². The summed E-state index contributed by atoms with van der Waals surface area (Å²) >= 11 is 0. The normalized spacial score (nSPS) is 10.7. The second-order valence-corrected chi connectivity index (χ2v) is 3.77. The van der Waals surface area contributed by atoms with E-state index >= 15 is 0 Å². The van der Waals surface area contributed by atoms with Gasteiger partial charge >= 0.3 is 0 Å². The van der Waals surface area contributed by atoms with Crippen LogP contribution in [0, 0.1) is 0 Å². The fraction of sp³-hybridized carbons (Fsp3) is 0.273. The van der Waals surface area contributed by atoms with Crippen molar-refractivity contribution in [2.45, 2.75) is 19.8 Å². The van der Waals surface area contributed by atoms with Crippen LogP contribution in [0.3, 0.4) is 0 Å². The molecule has 0 aromatic carbocycles. The van der Waals surface area contributed by atoms with Crippen molar-refractivity contribution in [2.24, 2.45) is 0 Å². The van der Waals surface area contributed by atoms with E-state index < -0.39 is 0 Å². The van der Waals surface area contributed by atoms with Crippen molar-refractivity contribution >= 4 is 6.29 Å². The topological polar surface area (TPSA) is 60.7 Å². The minimum Gasteiger partial charge on any atom is -0.298 e. The SMILES string of the molecule is CC(C)c1ncn(-c2ccc(C=O)cn2)n1. The lowest BCUT2D eigenvalue weighted by molar-refractivity contribution is 0.112. The Balaban J connectivity index is 2.31. The average Bonchev–Trinajstić information content (AvgIpc) is 2.78. The summed E-state index contributed by atoms with van der Waals surface area (Å²) in [5.41, 5.74) is 0.549. The van der Waals surface area contributed by atoms with Crippen LogP contribution in [-0.2, 0) is 0 Å². The Hall–Kier alpha value is -2.04. The molecule has 2 rings (SSSR count). The van der Waals surface area contributed by atoms with Crippen LogP contribution in [0.15, 0.2) is 24.7 Å². The summed E-state index contributed by atoms with van der Waals surface area (Å²) in [5, 5.41) is 4.29. The lowest BCUT2D eigenvalue weighted by Crippen LogP contribution is -2.00. The number of pyridine rings is 1. The van der Waals surface area contributed by atoms with Crippen molar-refractivity contribution in [1.29, 1.82) is 0 Å². The Kier molecular flexibility index (Phi) is 2.76. The average molecular weight is 216 g/mol. The maximum absolute atomic E-state index is 10.5. The van der Waals surface area contributed by atoms with E-state index in [1.807, 2.05) is 13.8 Å². The number of nitrogens with zero attached hydrogens (tertiary/aromatic N) is 4. The summed E-state index contributed by atoms with van der Waals surface area (Å²) in [5.74, 6) is 1.72. The molecule has 2 aromatic heterocycles. The lowest BCUT2D eigenvalue weighted by Gasteiger charge is -1.99. The third-order valence-corrected chi connectivity index (χ3v) is 2.17. The van der Waals surface area contributed by atoms with Crippen LogP contribution in [0.4, 0.5) is 0 Å². The van der Waals surface area contributed by atoms with Crippen LogP contribution in [0.2, 0.25) is 0 Å². The quantitative estimate of drug-likeness (QED) is 0.731. The minimum absolute atomic E-state index is 0.287. The summed E-state index contributed by atoms with van der Waals surface area (Å²) in [6.45, 7) is 4.06. The lowest BCUT2D eigenvalue weighted by atomic mass is 10.2. The van der Waals surface area contributed by atoms with Gasteiger partial charge in [-0.3, -0.25) is 4.79 Å². The smallest absolute Gasteiger partial charge is 0.155 e. The second-order valence-electron chi connectivity index (χ2n) is 3.77. The molecule has 0 saturated carbocycles. The second kappa shape index (κ2) is 4.22. The zero-order chi connectivity index (χ0) is 11.5. The highest BCUT2D eigenvalue weighted by atomic mass is 16.1. The van der Waals surface area contributed by atoms with Crippen molar-refractivity contribution in [3.8, 4) is 5.82 Å². The minimum atomic E-state index is 0.287. The number of aromatic nitrogens is 4.